The number of carbonyl (C=O) groups excluding carboxylic acids is 1. The summed E-state index contributed by atoms with van der Waals surface area (Å²) in [4.78, 5) is 16.9. The molecule has 2 aliphatic rings. The third kappa shape index (κ3) is 2.39. The first-order chi connectivity index (χ1) is 9.42. The topological polar surface area (TPSA) is 118 Å². The number of likely N-dealkylation sites (N-methyl/N-ethyl adjacent to an activating group) is 1. The summed E-state index contributed by atoms with van der Waals surface area (Å²) in [6.45, 7) is 1.65. The second-order valence-corrected chi connectivity index (χ2v) is 5.21. The van der Waals surface area contributed by atoms with E-state index in [1.165, 1.54) is 18.9 Å². The Labute approximate surface area is 117 Å². The summed E-state index contributed by atoms with van der Waals surface area (Å²) in [5.41, 5.74) is 4.39. The lowest BCUT2D eigenvalue weighted by Crippen LogP contribution is -2.54. The molecule has 2 saturated heterocycles. The highest BCUT2D eigenvalue weighted by molar-refractivity contribution is 5.91. The SMILES string of the molecule is CC(N)=NC(=O)N(C)C1OC(CO)C(O)C12CCCO2. The van der Waals surface area contributed by atoms with Gasteiger partial charge in [-0.2, -0.15) is 4.99 Å². The van der Waals surface area contributed by atoms with Gasteiger partial charge in [0, 0.05) is 13.7 Å². The predicted octanol–water partition coefficient (Wildman–Crippen LogP) is -0.957. The number of amidine groups is 1. The maximum absolute atomic E-state index is 12.0. The minimum absolute atomic E-state index is 0.139. The lowest BCUT2D eigenvalue weighted by Gasteiger charge is -2.35. The van der Waals surface area contributed by atoms with Gasteiger partial charge < -0.3 is 25.4 Å². The van der Waals surface area contributed by atoms with Crippen molar-refractivity contribution >= 4 is 11.9 Å². The predicted molar refractivity (Wildman–Crippen MR) is 70.1 cm³/mol. The van der Waals surface area contributed by atoms with Gasteiger partial charge in [-0.05, 0) is 19.8 Å². The minimum Gasteiger partial charge on any atom is -0.394 e. The van der Waals surface area contributed by atoms with Crippen molar-refractivity contribution < 1.29 is 24.5 Å². The summed E-state index contributed by atoms with van der Waals surface area (Å²) in [5.74, 6) is 0.139. The Morgan fingerprint density at radius 3 is 2.80 bits per heavy atom. The van der Waals surface area contributed by atoms with E-state index in [0.29, 0.717) is 13.0 Å². The number of aliphatic imine (C=N–C) groups is 1. The molecule has 4 unspecified atom stereocenters. The van der Waals surface area contributed by atoms with E-state index in [0.717, 1.165) is 6.42 Å². The molecule has 8 heteroatoms. The lowest BCUT2D eigenvalue weighted by molar-refractivity contribution is -0.130. The molecule has 4 atom stereocenters. The molecular formula is C12H21N3O5. The molecule has 20 heavy (non-hydrogen) atoms. The van der Waals surface area contributed by atoms with Crippen molar-refractivity contribution in [2.45, 2.75) is 43.8 Å². The number of aliphatic hydroxyl groups is 2. The van der Waals surface area contributed by atoms with Crippen LogP contribution in [0.15, 0.2) is 4.99 Å². The smallest absolute Gasteiger partial charge is 0.347 e. The molecule has 2 rings (SSSR count). The largest absolute Gasteiger partial charge is 0.394 e. The van der Waals surface area contributed by atoms with Gasteiger partial charge in [0.25, 0.3) is 0 Å². The van der Waals surface area contributed by atoms with E-state index in [2.05, 4.69) is 4.99 Å². The molecule has 2 aliphatic heterocycles. The molecule has 2 amide bonds. The van der Waals surface area contributed by atoms with Crippen LogP contribution in [-0.2, 0) is 9.47 Å². The first-order valence-electron chi connectivity index (χ1n) is 6.58. The van der Waals surface area contributed by atoms with Crippen molar-refractivity contribution in [3.05, 3.63) is 0 Å². The highest BCUT2D eigenvalue weighted by Gasteiger charge is 2.60. The summed E-state index contributed by atoms with van der Waals surface area (Å²) in [7, 11) is 1.51. The summed E-state index contributed by atoms with van der Waals surface area (Å²) in [6, 6.07) is -0.573. The molecule has 4 N–H and O–H groups in total. The third-order valence-electron chi connectivity index (χ3n) is 3.76. The Morgan fingerprint density at radius 1 is 1.60 bits per heavy atom. The standard InChI is InChI=1S/C12H21N3O5/c1-7(13)14-11(18)15(2)10-12(4-3-5-19-12)9(17)8(6-16)20-10/h8-10,16-17H,3-6H2,1-2H3,(H2,13,14,18). The van der Waals surface area contributed by atoms with Crippen molar-refractivity contribution in [3.8, 4) is 0 Å². The van der Waals surface area contributed by atoms with Gasteiger partial charge in [0.15, 0.2) is 6.23 Å². The van der Waals surface area contributed by atoms with Crippen LogP contribution in [0.2, 0.25) is 0 Å². The zero-order valence-corrected chi connectivity index (χ0v) is 11.7. The minimum atomic E-state index is -1.00. The molecule has 0 aromatic carbocycles. The van der Waals surface area contributed by atoms with Gasteiger partial charge in [0.05, 0.1) is 6.61 Å². The Kier molecular flexibility index (Phi) is 4.28. The van der Waals surface area contributed by atoms with Crippen LogP contribution in [0.3, 0.4) is 0 Å². The number of nitrogens with zero attached hydrogens (tertiary/aromatic N) is 2. The van der Waals surface area contributed by atoms with Crippen LogP contribution in [0.25, 0.3) is 0 Å². The quantitative estimate of drug-likeness (QED) is 0.445. The van der Waals surface area contributed by atoms with Crippen LogP contribution >= 0.6 is 0 Å². The number of rotatable bonds is 2. The van der Waals surface area contributed by atoms with Gasteiger partial charge >= 0.3 is 6.03 Å². The van der Waals surface area contributed by atoms with Gasteiger partial charge in [-0.3, -0.25) is 4.90 Å². The van der Waals surface area contributed by atoms with E-state index in [4.69, 9.17) is 15.2 Å². The molecular weight excluding hydrogens is 266 g/mol. The van der Waals surface area contributed by atoms with Crippen molar-refractivity contribution in [2.24, 2.45) is 10.7 Å². The molecule has 8 nitrogen and oxygen atoms in total. The van der Waals surface area contributed by atoms with E-state index in [-0.39, 0.29) is 12.4 Å². The number of ether oxygens (including phenoxy) is 2. The number of amides is 2. The fourth-order valence-corrected chi connectivity index (χ4v) is 2.82. The Bertz CT molecular complexity index is 404. The molecule has 0 aromatic heterocycles. The van der Waals surface area contributed by atoms with E-state index in [1.807, 2.05) is 0 Å². The normalized spacial score (nSPS) is 37.6. The molecule has 0 aromatic rings. The highest BCUT2D eigenvalue weighted by Crippen LogP contribution is 2.42. The fraction of sp³-hybridized carbons (Fsp3) is 0.833. The Hall–Kier alpha value is -1.22. The number of hydrogen-bond acceptors (Lipinski definition) is 5. The first kappa shape index (κ1) is 15.2. The molecule has 2 fully saturated rings. The van der Waals surface area contributed by atoms with Gasteiger partial charge in [0.2, 0.25) is 0 Å². The fourth-order valence-electron chi connectivity index (χ4n) is 2.82. The van der Waals surface area contributed by atoms with Crippen LogP contribution in [0, 0.1) is 0 Å². The maximum Gasteiger partial charge on any atom is 0.347 e. The third-order valence-corrected chi connectivity index (χ3v) is 3.76. The van der Waals surface area contributed by atoms with Gasteiger partial charge in [-0.25, -0.2) is 4.79 Å². The zero-order valence-electron chi connectivity index (χ0n) is 11.7. The van der Waals surface area contributed by atoms with Gasteiger partial charge in [0.1, 0.15) is 23.6 Å². The van der Waals surface area contributed by atoms with Crippen LogP contribution < -0.4 is 5.73 Å². The van der Waals surface area contributed by atoms with Gasteiger partial charge in [-0.1, -0.05) is 0 Å². The molecule has 0 radical (unpaired) electrons. The Morgan fingerprint density at radius 2 is 2.30 bits per heavy atom. The molecule has 114 valence electrons. The number of hydrogen-bond donors (Lipinski definition) is 3. The zero-order chi connectivity index (χ0) is 14.9. The maximum atomic E-state index is 12.0. The molecule has 0 bridgehead atoms. The van der Waals surface area contributed by atoms with E-state index < -0.39 is 30.1 Å². The van der Waals surface area contributed by atoms with Gasteiger partial charge in [-0.15, -0.1) is 0 Å². The van der Waals surface area contributed by atoms with Crippen molar-refractivity contribution in [1.29, 1.82) is 0 Å². The van der Waals surface area contributed by atoms with Crippen molar-refractivity contribution in [3.63, 3.8) is 0 Å². The number of urea groups is 1. The monoisotopic (exact) mass is 287 g/mol. The number of nitrogens with two attached hydrogens (primary N) is 1. The van der Waals surface area contributed by atoms with E-state index in [9.17, 15) is 15.0 Å². The number of aliphatic hydroxyl groups excluding tert-OH is 2. The summed E-state index contributed by atoms with van der Waals surface area (Å²) in [6.07, 6.45) is -1.25. The lowest BCUT2D eigenvalue weighted by atomic mass is 9.90. The number of carbonyl (C=O) groups is 1. The second-order valence-electron chi connectivity index (χ2n) is 5.21. The highest BCUT2D eigenvalue weighted by atomic mass is 16.6. The second kappa shape index (κ2) is 5.65. The van der Waals surface area contributed by atoms with Crippen LogP contribution in [0.1, 0.15) is 19.8 Å². The van der Waals surface area contributed by atoms with E-state index >= 15 is 0 Å². The first-order valence-corrected chi connectivity index (χ1v) is 6.58. The van der Waals surface area contributed by atoms with E-state index in [1.54, 1.807) is 0 Å². The Balaban J connectivity index is 2.24. The summed E-state index contributed by atoms with van der Waals surface area (Å²) >= 11 is 0. The van der Waals surface area contributed by atoms with Crippen LogP contribution in [0.4, 0.5) is 4.79 Å². The average molecular weight is 287 g/mol. The molecule has 1 spiro atoms. The van der Waals surface area contributed by atoms with Crippen molar-refractivity contribution in [1.82, 2.24) is 4.90 Å². The van der Waals surface area contributed by atoms with Crippen molar-refractivity contribution in [2.75, 3.05) is 20.3 Å². The molecule has 0 aliphatic carbocycles. The molecule has 2 heterocycles. The van der Waals surface area contributed by atoms with Crippen LogP contribution in [0.5, 0.6) is 0 Å². The summed E-state index contributed by atoms with van der Waals surface area (Å²) in [5, 5.41) is 19.6. The molecule has 0 saturated carbocycles. The summed E-state index contributed by atoms with van der Waals surface area (Å²) < 4.78 is 11.3. The van der Waals surface area contributed by atoms with Crippen LogP contribution in [-0.4, -0.2) is 71.3 Å². The average Bonchev–Trinajstić information content (AvgIpc) is 2.97.